The van der Waals surface area contributed by atoms with Gasteiger partial charge in [-0.2, -0.15) is 15.1 Å². The van der Waals surface area contributed by atoms with E-state index in [0.29, 0.717) is 29.8 Å². The molecule has 9 nitrogen and oxygen atoms in total. The van der Waals surface area contributed by atoms with E-state index >= 15 is 0 Å². The van der Waals surface area contributed by atoms with E-state index in [0.717, 1.165) is 11.3 Å². The zero-order chi connectivity index (χ0) is 22.3. The van der Waals surface area contributed by atoms with E-state index < -0.39 is 9.84 Å². The number of anilines is 4. The average Bonchev–Trinajstić information content (AvgIpc) is 2.76. The minimum atomic E-state index is -3.25. The second-order valence-electron chi connectivity index (χ2n) is 6.71. The molecule has 0 atom stereocenters. The first kappa shape index (κ1) is 22.2. The molecule has 4 N–H and O–H groups in total. The molecule has 0 saturated heterocycles. The van der Waals surface area contributed by atoms with Crippen LogP contribution in [0.25, 0.3) is 0 Å². The number of benzene rings is 2. The zero-order valence-corrected chi connectivity index (χ0v) is 18.0. The Bertz CT molecular complexity index is 1150. The van der Waals surface area contributed by atoms with Crippen LogP contribution in [0.2, 0.25) is 0 Å². The molecule has 0 aliphatic rings. The highest BCUT2D eigenvalue weighted by Crippen LogP contribution is 2.18. The van der Waals surface area contributed by atoms with Gasteiger partial charge < -0.3 is 15.7 Å². The van der Waals surface area contributed by atoms with Crippen molar-refractivity contribution in [3.8, 4) is 0 Å². The Morgan fingerprint density at radius 2 is 1.71 bits per heavy atom. The smallest absolute Gasteiger partial charge is 0.231 e. The molecule has 1 heterocycles. The number of aliphatic hydroxyl groups is 1. The molecular formula is C21H24N6O3S. The van der Waals surface area contributed by atoms with Crippen molar-refractivity contribution >= 4 is 38.8 Å². The minimum absolute atomic E-state index is 0.0328. The molecular weight excluding hydrogens is 416 g/mol. The van der Waals surface area contributed by atoms with Crippen molar-refractivity contribution in [1.29, 1.82) is 0 Å². The van der Waals surface area contributed by atoms with Gasteiger partial charge >= 0.3 is 0 Å². The van der Waals surface area contributed by atoms with Crippen LogP contribution >= 0.6 is 0 Å². The number of hydrogen-bond acceptors (Lipinski definition) is 9. The zero-order valence-electron chi connectivity index (χ0n) is 17.2. The summed E-state index contributed by atoms with van der Waals surface area (Å²) in [5.41, 5.74) is 5.17. The molecule has 2 aromatic carbocycles. The van der Waals surface area contributed by atoms with E-state index in [1.54, 1.807) is 37.3 Å². The molecule has 162 valence electrons. The summed E-state index contributed by atoms with van der Waals surface area (Å²) in [5, 5.41) is 19.6. The van der Waals surface area contributed by atoms with Gasteiger partial charge in [-0.1, -0.05) is 30.3 Å². The third-order valence-corrected chi connectivity index (χ3v) is 5.34. The van der Waals surface area contributed by atoms with Crippen LogP contribution < -0.4 is 16.1 Å². The van der Waals surface area contributed by atoms with Gasteiger partial charge in [-0.05, 0) is 36.8 Å². The molecule has 3 aromatic rings. The highest BCUT2D eigenvalue weighted by atomic mass is 32.2. The lowest BCUT2D eigenvalue weighted by Gasteiger charge is -2.11. The fourth-order valence-corrected chi connectivity index (χ4v) is 3.27. The van der Waals surface area contributed by atoms with Crippen molar-refractivity contribution in [1.82, 2.24) is 9.97 Å². The Hall–Kier alpha value is -3.50. The van der Waals surface area contributed by atoms with E-state index in [9.17, 15) is 8.42 Å². The SMILES string of the molecule is CC(=NNc1cc(NCCO)nc(Nc2ccccc2)n1)c1ccc(S(C)(=O)=O)cc1. The van der Waals surface area contributed by atoms with Gasteiger partial charge in [-0.25, -0.2) is 8.42 Å². The summed E-state index contributed by atoms with van der Waals surface area (Å²) in [5.74, 6) is 1.33. The van der Waals surface area contributed by atoms with Gasteiger partial charge in [0.05, 0.1) is 17.2 Å². The molecule has 1 aromatic heterocycles. The van der Waals surface area contributed by atoms with Crippen LogP contribution in [0.3, 0.4) is 0 Å². The highest BCUT2D eigenvalue weighted by Gasteiger charge is 2.08. The van der Waals surface area contributed by atoms with E-state index in [2.05, 4.69) is 31.1 Å². The number of rotatable bonds is 9. The molecule has 0 fully saturated rings. The van der Waals surface area contributed by atoms with E-state index in [4.69, 9.17) is 5.11 Å². The number of hydrogen-bond donors (Lipinski definition) is 4. The molecule has 10 heteroatoms. The average molecular weight is 441 g/mol. The van der Waals surface area contributed by atoms with Gasteiger partial charge in [-0.15, -0.1) is 0 Å². The van der Waals surface area contributed by atoms with Gasteiger partial charge in [-0.3, -0.25) is 5.43 Å². The molecule has 0 aliphatic carbocycles. The predicted octanol–water partition coefficient (Wildman–Crippen LogP) is 2.86. The number of nitrogens with zero attached hydrogens (tertiary/aromatic N) is 3. The molecule has 0 saturated carbocycles. The van der Waals surface area contributed by atoms with Gasteiger partial charge in [0.25, 0.3) is 0 Å². The number of aliphatic hydroxyl groups excluding tert-OH is 1. The maximum atomic E-state index is 11.6. The quantitative estimate of drug-likeness (QED) is 0.295. The third kappa shape index (κ3) is 6.49. The van der Waals surface area contributed by atoms with Crippen LogP contribution in [0.5, 0.6) is 0 Å². The standard InChI is InChI=1S/C21H24N6O3S/c1-15(16-8-10-18(11-9-16)31(2,29)30)26-27-20-14-19(22-12-13-28)24-21(25-20)23-17-6-4-3-5-7-17/h3-11,14,28H,12-13H2,1-2H3,(H3,22,23,24,25,27). The van der Waals surface area contributed by atoms with Crippen LogP contribution in [-0.4, -0.2) is 48.6 Å². The molecule has 0 unspecified atom stereocenters. The number of sulfone groups is 1. The van der Waals surface area contributed by atoms with Crippen LogP contribution in [0, 0.1) is 0 Å². The summed E-state index contributed by atoms with van der Waals surface area (Å²) < 4.78 is 23.2. The van der Waals surface area contributed by atoms with Crippen LogP contribution in [0.15, 0.2) is 70.7 Å². The summed E-state index contributed by atoms with van der Waals surface area (Å²) >= 11 is 0. The number of nitrogens with one attached hydrogen (secondary N) is 3. The van der Waals surface area contributed by atoms with Crippen LogP contribution in [0.1, 0.15) is 12.5 Å². The maximum absolute atomic E-state index is 11.6. The van der Waals surface area contributed by atoms with Gasteiger partial charge in [0, 0.05) is 24.6 Å². The monoisotopic (exact) mass is 440 g/mol. The fourth-order valence-electron chi connectivity index (χ4n) is 2.63. The van der Waals surface area contributed by atoms with Gasteiger partial charge in [0.15, 0.2) is 15.7 Å². The first-order chi connectivity index (χ1) is 14.8. The predicted molar refractivity (Wildman–Crippen MR) is 123 cm³/mol. The van der Waals surface area contributed by atoms with Crippen molar-refractivity contribution in [3.05, 3.63) is 66.2 Å². The Morgan fingerprint density at radius 3 is 2.35 bits per heavy atom. The molecule has 0 spiro atoms. The van der Waals surface area contributed by atoms with Crippen LogP contribution in [0.4, 0.5) is 23.3 Å². The van der Waals surface area contributed by atoms with E-state index in [-0.39, 0.29) is 11.5 Å². The maximum Gasteiger partial charge on any atom is 0.231 e. The van der Waals surface area contributed by atoms with Crippen LogP contribution in [-0.2, 0) is 9.84 Å². The lowest BCUT2D eigenvalue weighted by atomic mass is 10.1. The Kier molecular flexibility index (Phi) is 7.16. The van der Waals surface area contributed by atoms with E-state index in [1.165, 1.54) is 6.26 Å². The lowest BCUT2D eigenvalue weighted by Crippen LogP contribution is -2.10. The first-order valence-electron chi connectivity index (χ1n) is 9.52. The fraction of sp³-hybridized carbons (Fsp3) is 0.190. The minimum Gasteiger partial charge on any atom is -0.395 e. The molecule has 0 radical (unpaired) electrons. The first-order valence-corrected chi connectivity index (χ1v) is 11.4. The molecule has 0 amide bonds. The Morgan fingerprint density at radius 1 is 1.03 bits per heavy atom. The largest absolute Gasteiger partial charge is 0.395 e. The van der Waals surface area contributed by atoms with Crippen molar-refractivity contribution in [2.24, 2.45) is 5.10 Å². The summed E-state index contributed by atoms with van der Waals surface area (Å²) in [4.78, 5) is 9.07. The van der Waals surface area contributed by atoms with Crippen molar-refractivity contribution in [2.75, 3.05) is 35.5 Å². The van der Waals surface area contributed by atoms with Crippen molar-refractivity contribution in [2.45, 2.75) is 11.8 Å². The lowest BCUT2D eigenvalue weighted by molar-refractivity contribution is 0.311. The molecule has 0 bridgehead atoms. The summed E-state index contributed by atoms with van der Waals surface area (Å²) in [6.07, 6.45) is 1.17. The molecule has 31 heavy (non-hydrogen) atoms. The van der Waals surface area contributed by atoms with Gasteiger partial charge in [0.1, 0.15) is 5.82 Å². The Labute approximate surface area is 181 Å². The van der Waals surface area contributed by atoms with E-state index in [1.807, 2.05) is 30.3 Å². The number of aromatic nitrogens is 2. The van der Waals surface area contributed by atoms with Gasteiger partial charge in [0.2, 0.25) is 5.95 Å². The molecule has 3 rings (SSSR count). The van der Waals surface area contributed by atoms with Crippen molar-refractivity contribution in [3.63, 3.8) is 0 Å². The highest BCUT2D eigenvalue weighted by molar-refractivity contribution is 7.90. The summed E-state index contributed by atoms with van der Waals surface area (Å²) in [6, 6.07) is 17.7. The topological polar surface area (TPSA) is 129 Å². The normalized spacial score (nSPS) is 11.8. The number of hydrazone groups is 1. The third-order valence-electron chi connectivity index (χ3n) is 4.21. The number of para-hydroxylation sites is 1. The second-order valence-corrected chi connectivity index (χ2v) is 8.72. The second kappa shape index (κ2) is 10.0. The van der Waals surface area contributed by atoms with Crippen molar-refractivity contribution < 1.29 is 13.5 Å². The molecule has 0 aliphatic heterocycles. The summed E-state index contributed by atoms with van der Waals surface area (Å²) in [6.45, 7) is 2.11. The summed E-state index contributed by atoms with van der Waals surface area (Å²) in [7, 11) is -3.25. The Balaban J connectivity index is 1.80.